The molecule has 0 spiro atoms. The summed E-state index contributed by atoms with van der Waals surface area (Å²) < 4.78 is 30.9. The summed E-state index contributed by atoms with van der Waals surface area (Å²) in [7, 11) is -1.69. The Morgan fingerprint density at radius 3 is 2.17 bits per heavy atom. The van der Waals surface area contributed by atoms with Crippen LogP contribution in [-0.4, -0.2) is 21.3 Å². The van der Waals surface area contributed by atoms with E-state index in [1.807, 2.05) is 64.1 Å². The van der Waals surface area contributed by atoms with E-state index in [-0.39, 0.29) is 11.2 Å². The number of aryl methyl sites for hydroxylation is 1. The van der Waals surface area contributed by atoms with Crippen LogP contribution in [0.3, 0.4) is 0 Å². The molecule has 0 amide bonds. The fourth-order valence-electron chi connectivity index (χ4n) is 2.76. The highest BCUT2D eigenvalue weighted by Crippen LogP contribution is 2.27. The zero-order valence-electron chi connectivity index (χ0n) is 15.1. The van der Waals surface area contributed by atoms with Crippen molar-refractivity contribution in [1.29, 1.82) is 0 Å². The van der Waals surface area contributed by atoms with Crippen molar-refractivity contribution < 1.29 is 13.2 Å². The molecule has 0 aromatic heterocycles. The van der Waals surface area contributed by atoms with Crippen LogP contribution >= 0.6 is 0 Å². The van der Waals surface area contributed by atoms with Gasteiger partial charge in [-0.15, -0.1) is 0 Å². The Labute approximate surface area is 145 Å². The van der Waals surface area contributed by atoms with Gasteiger partial charge in [0.15, 0.2) is 9.84 Å². The van der Waals surface area contributed by atoms with E-state index >= 15 is 0 Å². The lowest BCUT2D eigenvalue weighted by Gasteiger charge is -2.20. The normalized spacial score (nSPS) is 12.2. The van der Waals surface area contributed by atoms with Gasteiger partial charge < -0.3 is 4.74 Å². The van der Waals surface area contributed by atoms with Crippen LogP contribution < -0.4 is 4.74 Å². The predicted molar refractivity (Wildman–Crippen MR) is 98.5 cm³/mol. The van der Waals surface area contributed by atoms with E-state index < -0.39 is 9.84 Å². The Hall–Kier alpha value is -1.81. The summed E-state index contributed by atoms with van der Waals surface area (Å²) in [5, 5.41) is 0. The fraction of sp³-hybridized carbons (Fsp3) is 0.400. The van der Waals surface area contributed by atoms with Crippen molar-refractivity contribution in [2.24, 2.45) is 5.41 Å². The molecule has 0 aliphatic carbocycles. The molecule has 0 heterocycles. The third-order valence-corrected chi connectivity index (χ3v) is 6.04. The van der Waals surface area contributed by atoms with Crippen molar-refractivity contribution in [3.8, 4) is 5.75 Å². The van der Waals surface area contributed by atoms with E-state index in [0.29, 0.717) is 11.3 Å². The van der Waals surface area contributed by atoms with Gasteiger partial charge in [-0.3, -0.25) is 0 Å². The molecular formula is C20H26O3S. The average Bonchev–Trinajstić information content (AvgIpc) is 2.45. The largest absolute Gasteiger partial charge is 0.497 e. The highest BCUT2D eigenvalue weighted by molar-refractivity contribution is 7.91. The van der Waals surface area contributed by atoms with Gasteiger partial charge in [-0.05, 0) is 48.1 Å². The van der Waals surface area contributed by atoms with E-state index in [9.17, 15) is 8.42 Å². The average molecular weight is 346 g/mol. The second kappa shape index (κ2) is 6.98. The zero-order chi connectivity index (χ0) is 18.0. The lowest BCUT2D eigenvalue weighted by Crippen LogP contribution is -2.22. The quantitative estimate of drug-likeness (QED) is 0.805. The van der Waals surface area contributed by atoms with E-state index in [4.69, 9.17) is 4.74 Å². The van der Waals surface area contributed by atoms with Crippen molar-refractivity contribution in [3.63, 3.8) is 0 Å². The molecule has 0 atom stereocenters. The zero-order valence-corrected chi connectivity index (χ0v) is 15.9. The summed E-state index contributed by atoms with van der Waals surface area (Å²) in [4.78, 5) is 0.443. The summed E-state index contributed by atoms with van der Waals surface area (Å²) in [6.07, 6.45) is 0.588. The summed E-state index contributed by atoms with van der Waals surface area (Å²) in [6, 6.07) is 13.3. The van der Waals surface area contributed by atoms with Crippen LogP contribution in [0.15, 0.2) is 47.4 Å². The van der Waals surface area contributed by atoms with Gasteiger partial charge in [-0.25, -0.2) is 8.42 Å². The minimum Gasteiger partial charge on any atom is -0.497 e. The first-order valence-electron chi connectivity index (χ1n) is 8.06. The van der Waals surface area contributed by atoms with Crippen LogP contribution in [0.2, 0.25) is 0 Å². The second-order valence-electron chi connectivity index (χ2n) is 7.46. The van der Waals surface area contributed by atoms with Crippen molar-refractivity contribution in [2.75, 3.05) is 12.9 Å². The molecule has 2 rings (SSSR count). The van der Waals surface area contributed by atoms with Crippen LogP contribution in [0.4, 0.5) is 0 Å². The molecule has 3 nitrogen and oxygen atoms in total. The first-order valence-corrected chi connectivity index (χ1v) is 9.71. The Morgan fingerprint density at radius 2 is 1.62 bits per heavy atom. The first kappa shape index (κ1) is 18.5. The molecule has 0 radical (unpaired) electrons. The molecular weight excluding hydrogens is 320 g/mol. The Morgan fingerprint density at radius 1 is 1.00 bits per heavy atom. The molecule has 130 valence electrons. The molecule has 0 N–H and O–H groups in total. The standard InChI is InChI=1S/C20H26O3S/c1-15-6-11-19(24(21,22)14-20(2,3)4)17(12-15)13-16-7-9-18(23-5)10-8-16/h6-12H,13-14H2,1-5H3. The summed E-state index contributed by atoms with van der Waals surface area (Å²) in [6.45, 7) is 7.82. The molecule has 0 fully saturated rings. The van der Waals surface area contributed by atoms with Crippen molar-refractivity contribution in [1.82, 2.24) is 0 Å². The van der Waals surface area contributed by atoms with Gasteiger partial charge >= 0.3 is 0 Å². The molecule has 2 aromatic rings. The minimum atomic E-state index is -3.32. The highest BCUT2D eigenvalue weighted by Gasteiger charge is 2.25. The third-order valence-electron chi connectivity index (χ3n) is 3.73. The number of rotatable bonds is 5. The summed E-state index contributed by atoms with van der Waals surface area (Å²) in [5.41, 5.74) is 2.70. The number of ether oxygens (including phenoxy) is 1. The van der Waals surface area contributed by atoms with E-state index in [2.05, 4.69) is 0 Å². The smallest absolute Gasteiger partial charge is 0.179 e. The van der Waals surface area contributed by atoms with Gasteiger partial charge in [0.2, 0.25) is 0 Å². The number of hydrogen-bond donors (Lipinski definition) is 0. The van der Waals surface area contributed by atoms with Crippen LogP contribution in [0.25, 0.3) is 0 Å². The monoisotopic (exact) mass is 346 g/mol. The maximum absolute atomic E-state index is 12.9. The fourth-order valence-corrected chi connectivity index (χ4v) is 4.86. The van der Waals surface area contributed by atoms with Crippen LogP contribution in [0.1, 0.15) is 37.5 Å². The SMILES string of the molecule is COc1ccc(Cc2cc(C)ccc2S(=O)(=O)CC(C)(C)C)cc1. The Kier molecular flexibility index (Phi) is 5.38. The molecule has 4 heteroatoms. The molecule has 0 saturated carbocycles. The van der Waals surface area contributed by atoms with Gasteiger partial charge in [0, 0.05) is 0 Å². The van der Waals surface area contributed by atoms with Crippen LogP contribution in [0.5, 0.6) is 5.75 Å². The number of benzene rings is 2. The first-order chi connectivity index (χ1) is 11.1. The van der Waals surface area contributed by atoms with Gasteiger partial charge in [0.1, 0.15) is 5.75 Å². The molecule has 24 heavy (non-hydrogen) atoms. The lowest BCUT2D eigenvalue weighted by molar-refractivity contribution is 0.414. The van der Waals surface area contributed by atoms with Crippen molar-refractivity contribution in [3.05, 3.63) is 59.2 Å². The molecule has 0 aliphatic rings. The topological polar surface area (TPSA) is 43.4 Å². The number of hydrogen-bond acceptors (Lipinski definition) is 3. The van der Waals surface area contributed by atoms with Gasteiger partial charge in [0.05, 0.1) is 17.8 Å². The second-order valence-corrected chi connectivity index (χ2v) is 9.41. The number of methoxy groups -OCH3 is 1. The predicted octanol–water partition coefficient (Wildman–Crippen LogP) is 4.41. The third kappa shape index (κ3) is 4.84. The molecule has 0 saturated heterocycles. The number of sulfone groups is 1. The maximum atomic E-state index is 12.9. The lowest BCUT2D eigenvalue weighted by atomic mass is 10.0. The molecule has 2 aromatic carbocycles. The molecule has 0 bridgehead atoms. The van der Waals surface area contributed by atoms with Crippen molar-refractivity contribution in [2.45, 2.75) is 39.0 Å². The van der Waals surface area contributed by atoms with Gasteiger partial charge in [0.25, 0.3) is 0 Å². The van der Waals surface area contributed by atoms with Gasteiger partial charge in [-0.2, -0.15) is 0 Å². The minimum absolute atomic E-state index is 0.138. The molecule has 0 aliphatic heterocycles. The molecule has 0 unspecified atom stereocenters. The van der Waals surface area contributed by atoms with E-state index in [1.165, 1.54) is 0 Å². The van der Waals surface area contributed by atoms with Gasteiger partial charge in [-0.1, -0.05) is 50.6 Å². The summed E-state index contributed by atoms with van der Waals surface area (Å²) in [5.74, 6) is 0.933. The van der Waals surface area contributed by atoms with E-state index in [0.717, 1.165) is 22.4 Å². The van der Waals surface area contributed by atoms with E-state index in [1.54, 1.807) is 13.2 Å². The Balaban J connectivity index is 2.40. The van der Waals surface area contributed by atoms with Crippen molar-refractivity contribution >= 4 is 9.84 Å². The van der Waals surface area contributed by atoms with Crippen LogP contribution in [0, 0.1) is 12.3 Å². The van der Waals surface area contributed by atoms with Crippen LogP contribution in [-0.2, 0) is 16.3 Å². The maximum Gasteiger partial charge on any atom is 0.179 e. The highest BCUT2D eigenvalue weighted by atomic mass is 32.2. The summed E-state index contributed by atoms with van der Waals surface area (Å²) >= 11 is 0. The Bertz CT molecular complexity index is 798.